The molecule has 0 aliphatic rings. The largest absolute Gasteiger partial charge is 0.409 e. The van der Waals surface area contributed by atoms with Crippen LogP contribution in [0.2, 0.25) is 28.2 Å². The number of nitrogens with two attached hydrogens (primary N) is 1. The summed E-state index contributed by atoms with van der Waals surface area (Å²) >= 11 is 12.2. The Bertz CT molecular complexity index is 447. The minimum atomic E-state index is -1.87. The summed E-state index contributed by atoms with van der Waals surface area (Å²) in [5.41, 5.74) is 6.30. The Balaban J connectivity index is 3.18. The molecule has 0 aromatic heterocycles. The molecule has 2 N–H and O–H groups in total. The average Bonchev–Trinajstić information content (AvgIpc) is 2.47. The fourth-order valence-electron chi connectivity index (χ4n) is 2.36. The van der Waals surface area contributed by atoms with Crippen molar-refractivity contribution in [2.75, 3.05) is 6.54 Å². The zero-order valence-electron chi connectivity index (χ0n) is 12.2. The summed E-state index contributed by atoms with van der Waals surface area (Å²) in [6.45, 7) is 6.61. The summed E-state index contributed by atoms with van der Waals surface area (Å²) < 4.78 is 20.0. The van der Waals surface area contributed by atoms with Crippen molar-refractivity contribution in [2.24, 2.45) is 5.73 Å². The molecule has 0 heterocycles. The average molecular weight is 338 g/mol. The fraction of sp³-hybridized carbons (Fsp3) is 0.571. The monoisotopic (exact) mass is 337 g/mol. The molecule has 0 bridgehead atoms. The van der Waals surface area contributed by atoms with Gasteiger partial charge in [-0.3, -0.25) is 0 Å². The highest BCUT2D eigenvalue weighted by Gasteiger charge is 2.33. The van der Waals surface area contributed by atoms with Gasteiger partial charge < -0.3 is 10.2 Å². The van der Waals surface area contributed by atoms with Crippen LogP contribution in [0.25, 0.3) is 0 Å². The van der Waals surface area contributed by atoms with E-state index in [1.807, 2.05) is 0 Å². The number of hydrogen-bond donors (Lipinski definition) is 1. The Hall–Kier alpha value is -0.133. The van der Waals surface area contributed by atoms with E-state index in [2.05, 4.69) is 20.8 Å². The van der Waals surface area contributed by atoms with Crippen molar-refractivity contribution < 1.29 is 8.82 Å². The molecule has 0 saturated heterocycles. The van der Waals surface area contributed by atoms with Gasteiger partial charge in [0, 0.05) is 17.1 Å². The first-order valence-electron chi connectivity index (χ1n) is 6.95. The molecule has 20 heavy (non-hydrogen) atoms. The lowest BCUT2D eigenvalue weighted by atomic mass is 10.1. The lowest BCUT2D eigenvalue weighted by Gasteiger charge is -2.33. The summed E-state index contributed by atoms with van der Waals surface area (Å²) in [7, 11) is -1.87. The molecular weight excluding hydrogens is 316 g/mol. The van der Waals surface area contributed by atoms with Crippen LogP contribution in [-0.2, 0) is 4.43 Å². The molecule has 0 spiro atoms. The van der Waals surface area contributed by atoms with Crippen molar-refractivity contribution in [2.45, 2.75) is 45.0 Å². The van der Waals surface area contributed by atoms with Gasteiger partial charge in [-0.05, 0) is 30.3 Å². The normalized spacial score (nSPS) is 13.6. The van der Waals surface area contributed by atoms with Gasteiger partial charge in [0.15, 0.2) is 8.32 Å². The molecule has 0 aliphatic carbocycles. The van der Waals surface area contributed by atoms with Gasteiger partial charge >= 0.3 is 0 Å². The third-order valence-electron chi connectivity index (χ3n) is 3.94. The maximum Gasteiger partial charge on any atom is 0.192 e. The predicted molar refractivity (Wildman–Crippen MR) is 86.5 cm³/mol. The molecule has 0 saturated carbocycles. The molecule has 0 aliphatic heterocycles. The Labute approximate surface area is 131 Å². The van der Waals surface area contributed by atoms with Crippen molar-refractivity contribution in [3.63, 3.8) is 0 Å². The van der Waals surface area contributed by atoms with Crippen molar-refractivity contribution in [3.8, 4) is 0 Å². The Morgan fingerprint density at radius 2 is 1.75 bits per heavy atom. The standard InChI is InChI=1S/C14H22Cl2FNOSi/c1-4-20(5-2,6-3)19-12(9-18)13-10(15)7-8-11(17)14(13)16/h7-8,12H,4-6,9,18H2,1-3H3. The maximum atomic E-state index is 13.7. The molecule has 1 rings (SSSR count). The lowest BCUT2D eigenvalue weighted by molar-refractivity contribution is 0.198. The smallest absolute Gasteiger partial charge is 0.192 e. The van der Waals surface area contributed by atoms with E-state index in [-0.39, 0.29) is 11.6 Å². The molecule has 0 amide bonds. The molecule has 1 atom stereocenters. The van der Waals surface area contributed by atoms with Crippen LogP contribution in [0.5, 0.6) is 0 Å². The predicted octanol–water partition coefficient (Wildman–Crippen LogP) is 5.15. The van der Waals surface area contributed by atoms with Gasteiger partial charge in [-0.25, -0.2) is 4.39 Å². The van der Waals surface area contributed by atoms with E-state index in [1.165, 1.54) is 12.1 Å². The van der Waals surface area contributed by atoms with E-state index < -0.39 is 20.2 Å². The highest BCUT2D eigenvalue weighted by atomic mass is 35.5. The van der Waals surface area contributed by atoms with Crippen molar-refractivity contribution in [1.82, 2.24) is 0 Å². The van der Waals surface area contributed by atoms with Gasteiger partial charge in [0.1, 0.15) is 5.82 Å². The van der Waals surface area contributed by atoms with Gasteiger partial charge in [-0.15, -0.1) is 0 Å². The third kappa shape index (κ3) is 3.74. The minimum Gasteiger partial charge on any atom is -0.409 e. The van der Waals surface area contributed by atoms with Crippen LogP contribution >= 0.6 is 23.2 Å². The first-order chi connectivity index (χ1) is 9.44. The lowest BCUT2D eigenvalue weighted by Crippen LogP contribution is -2.39. The molecule has 114 valence electrons. The van der Waals surface area contributed by atoms with Gasteiger partial charge in [0.2, 0.25) is 0 Å². The highest BCUT2D eigenvalue weighted by molar-refractivity contribution is 6.73. The van der Waals surface area contributed by atoms with Gasteiger partial charge in [-0.1, -0.05) is 44.0 Å². The summed E-state index contributed by atoms with van der Waals surface area (Å²) in [6.07, 6.45) is -0.447. The van der Waals surface area contributed by atoms with E-state index in [0.717, 1.165) is 18.1 Å². The summed E-state index contributed by atoms with van der Waals surface area (Å²) in [5, 5.41) is 0.414. The van der Waals surface area contributed by atoms with Crippen molar-refractivity contribution in [3.05, 3.63) is 33.6 Å². The topological polar surface area (TPSA) is 35.2 Å². The van der Waals surface area contributed by atoms with E-state index in [1.54, 1.807) is 0 Å². The molecule has 1 aromatic carbocycles. The van der Waals surface area contributed by atoms with E-state index >= 15 is 0 Å². The molecule has 1 aromatic rings. The molecule has 1 unspecified atom stereocenters. The van der Waals surface area contributed by atoms with Crippen LogP contribution in [0.3, 0.4) is 0 Å². The van der Waals surface area contributed by atoms with Crippen LogP contribution in [0.15, 0.2) is 12.1 Å². The second-order valence-corrected chi connectivity index (χ2v) is 10.4. The van der Waals surface area contributed by atoms with Crippen LogP contribution < -0.4 is 5.73 Å². The molecule has 0 fully saturated rings. The zero-order chi connectivity index (χ0) is 15.3. The van der Waals surface area contributed by atoms with Crippen molar-refractivity contribution in [1.29, 1.82) is 0 Å². The number of rotatable bonds is 7. The summed E-state index contributed by atoms with van der Waals surface area (Å²) in [4.78, 5) is 0. The maximum absolute atomic E-state index is 13.7. The van der Waals surface area contributed by atoms with E-state index in [9.17, 15) is 4.39 Å². The molecule has 6 heteroatoms. The van der Waals surface area contributed by atoms with Crippen molar-refractivity contribution >= 4 is 31.5 Å². The fourth-order valence-corrected chi connectivity index (χ4v) is 5.80. The minimum absolute atomic E-state index is 0.0131. The number of halogens is 3. The van der Waals surface area contributed by atoms with E-state index in [4.69, 9.17) is 33.4 Å². The molecular formula is C14H22Cl2FNOSi. The molecule has 0 radical (unpaired) electrons. The summed E-state index contributed by atoms with van der Waals surface area (Å²) in [5.74, 6) is -0.495. The van der Waals surface area contributed by atoms with E-state index in [0.29, 0.717) is 10.6 Å². The highest BCUT2D eigenvalue weighted by Crippen LogP contribution is 2.37. The first-order valence-corrected chi connectivity index (χ1v) is 10.2. The van der Waals surface area contributed by atoms with Gasteiger partial charge in [0.05, 0.1) is 11.1 Å². The van der Waals surface area contributed by atoms with Gasteiger partial charge in [-0.2, -0.15) is 0 Å². The number of benzene rings is 1. The zero-order valence-corrected chi connectivity index (χ0v) is 14.7. The number of hydrogen-bond acceptors (Lipinski definition) is 2. The second kappa shape index (κ2) is 7.76. The second-order valence-electron chi connectivity index (χ2n) is 4.84. The summed E-state index contributed by atoms with van der Waals surface area (Å²) in [6, 6.07) is 5.71. The third-order valence-corrected chi connectivity index (χ3v) is 9.31. The van der Waals surface area contributed by atoms with Gasteiger partial charge in [0.25, 0.3) is 0 Å². The van der Waals surface area contributed by atoms with Crippen LogP contribution in [0, 0.1) is 5.82 Å². The first kappa shape index (κ1) is 17.9. The quantitative estimate of drug-likeness (QED) is 0.551. The Kier molecular flexibility index (Phi) is 6.95. The van der Waals surface area contributed by atoms with Crippen LogP contribution in [0.1, 0.15) is 32.4 Å². The molecule has 2 nitrogen and oxygen atoms in total. The van der Waals surface area contributed by atoms with Crippen LogP contribution in [0.4, 0.5) is 4.39 Å². The SMILES string of the molecule is CC[Si](CC)(CC)OC(CN)c1c(Cl)ccc(F)c1Cl. The Morgan fingerprint density at radius 1 is 1.20 bits per heavy atom. The Morgan fingerprint density at radius 3 is 2.20 bits per heavy atom. The van der Waals surface area contributed by atoms with Crippen LogP contribution in [-0.4, -0.2) is 14.9 Å².